The van der Waals surface area contributed by atoms with E-state index in [0.717, 1.165) is 43.4 Å². The number of carbonyl (C=O) groups excluding carboxylic acids is 1. The van der Waals surface area contributed by atoms with Crippen LogP contribution in [0.15, 0.2) is 53.4 Å². The largest absolute Gasteiger partial charge is 0.339 e. The fraction of sp³-hybridized carbons (Fsp3) is 0.381. The molecule has 7 heteroatoms. The third-order valence-corrected chi connectivity index (χ3v) is 8.34. The van der Waals surface area contributed by atoms with Crippen molar-refractivity contribution < 1.29 is 17.6 Å². The molecule has 2 aromatic carbocycles. The number of hydrogen-bond acceptors (Lipinski definition) is 3. The third kappa shape index (κ3) is 3.22. The van der Waals surface area contributed by atoms with Gasteiger partial charge >= 0.3 is 0 Å². The zero-order valence-electron chi connectivity index (χ0n) is 15.3. The van der Waals surface area contributed by atoms with Gasteiger partial charge in [-0.2, -0.15) is 0 Å². The van der Waals surface area contributed by atoms with Crippen LogP contribution in [0, 0.1) is 5.82 Å². The van der Waals surface area contributed by atoms with Gasteiger partial charge in [-0.05, 0) is 54.8 Å². The summed E-state index contributed by atoms with van der Waals surface area (Å²) < 4.78 is 38.5. The van der Waals surface area contributed by atoms with E-state index in [4.69, 9.17) is 11.6 Å². The van der Waals surface area contributed by atoms with Crippen molar-refractivity contribution in [2.24, 2.45) is 0 Å². The fourth-order valence-corrected chi connectivity index (χ4v) is 6.07. The molecule has 0 unspecified atom stereocenters. The van der Waals surface area contributed by atoms with Crippen molar-refractivity contribution in [3.05, 3.63) is 64.9 Å². The minimum absolute atomic E-state index is 0.00196. The van der Waals surface area contributed by atoms with E-state index in [1.165, 1.54) is 12.1 Å². The molecule has 1 saturated carbocycles. The Morgan fingerprint density at radius 1 is 1.00 bits per heavy atom. The van der Waals surface area contributed by atoms with Crippen molar-refractivity contribution in [2.75, 3.05) is 13.1 Å². The molecule has 2 aliphatic rings. The van der Waals surface area contributed by atoms with E-state index >= 15 is 0 Å². The highest BCUT2D eigenvalue weighted by Crippen LogP contribution is 2.44. The highest BCUT2D eigenvalue weighted by molar-refractivity contribution is 7.92. The van der Waals surface area contributed by atoms with Gasteiger partial charge in [0.25, 0.3) is 0 Å². The molecule has 0 radical (unpaired) electrons. The van der Waals surface area contributed by atoms with Gasteiger partial charge in [0.05, 0.1) is 10.3 Å². The monoisotopic (exact) mass is 421 g/mol. The smallest absolute Gasteiger partial charge is 0.233 e. The Morgan fingerprint density at radius 3 is 2.14 bits per heavy atom. The van der Waals surface area contributed by atoms with Gasteiger partial charge in [-0.3, -0.25) is 4.79 Å². The molecule has 1 amide bonds. The van der Waals surface area contributed by atoms with Gasteiger partial charge in [-0.1, -0.05) is 36.6 Å². The standard InChI is InChI=1S/C21H21ClFNO3S/c22-16-5-3-15(4-6-16)21(11-1-2-12-21)20(25)24-13-19(14-24)28(26,27)18-9-7-17(23)8-10-18/h3-10,19H,1-2,11-14H2. The number of nitrogens with zero attached hydrogens (tertiary/aromatic N) is 1. The molecule has 1 saturated heterocycles. The summed E-state index contributed by atoms with van der Waals surface area (Å²) in [6, 6.07) is 12.2. The van der Waals surface area contributed by atoms with E-state index in [1.807, 2.05) is 12.1 Å². The molecule has 148 valence electrons. The summed E-state index contributed by atoms with van der Waals surface area (Å²) in [6.07, 6.45) is 3.47. The first kappa shape index (κ1) is 19.4. The Kier molecular flexibility index (Phi) is 4.96. The van der Waals surface area contributed by atoms with Gasteiger partial charge in [0.2, 0.25) is 5.91 Å². The average Bonchev–Trinajstić information content (AvgIpc) is 3.12. The maximum atomic E-state index is 13.3. The van der Waals surface area contributed by atoms with Gasteiger partial charge in [-0.25, -0.2) is 12.8 Å². The Balaban J connectivity index is 1.52. The second kappa shape index (κ2) is 7.16. The van der Waals surface area contributed by atoms with E-state index < -0.39 is 26.3 Å². The number of amides is 1. The molecule has 28 heavy (non-hydrogen) atoms. The summed E-state index contributed by atoms with van der Waals surface area (Å²) in [6.45, 7) is 0.349. The second-order valence-electron chi connectivity index (χ2n) is 7.63. The maximum absolute atomic E-state index is 13.3. The molecule has 2 fully saturated rings. The first-order valence-electron chi connectivity index (χ1n) is 9.38. The van der Waals surface area contributed by atoms with Crippen LogP contribution >= 0.6 is 11.6 Å². The van der Waals surface area contributed by atoms with Gasteiger partial charge in [0.15, 0.2) is 9.84 Å². The van der Waals surface area contributed by atoms with E-state index in [1.54, 1.807) is 17.0 Å². The van der Waals surface area contributed by atoms with Gasteiger partial charge in [0, 0.05) is 18.1 Å². The number of hydrogen-bond donors (Lipinski definition) is 0. The normalized spacial score (nSPS) is 19.4. The molecule has 1 heterocycles. The minimum Gasteiger partial charge on any atom is -0.339 e. The fourth-order valence-electron chi connectivity index (χ4n) is 4.29. The molecule has 0 bridgehead atoms. The van der Waals surface area contributed by atoms with Crippen molar-refractivity contribution >= 4 is 27.3 Å². The number of carbonyl (C=O) groups is 1. The average molecular weight is 422 g/mol. The quantitative estimate of drug-likeness (QED) is 0.702. The van der Waals surface area contributed by atoms with E-state index in [-0.39, 0.29) is 23.9 Å². The van der Waals surface area contributed by atoms with E-state index in [2.05, 4.69) is 0 Å². The summed E-state index contributed by atoms with van der Waals surface area (Å²) in [5, 5.41) is -0.0238. The Labute approximate surface area is 169 Å². The zero-order valence-corrected chi connectivity index (χ0v) is 16.8. The topological polar surface area (TPSA) is 54.5 Å². The molecule has 0 N–H and O–H groups in total. The summed E-state index contributed by atoms with van der Waals surface area (Å²) in [5.74, 6) is -0.478. The van der Waals surface area contributed by atoms with Gasteiger partial charge in [0.1, 0.15) is 11.1 Å². The third-order valence-electron chi connectivity index (χ3n) is 5.98. The van der Waals surface area contributed by atoms with Crippen molar-refractivity contribution in [2.45, 2.75) is 41.2 Å². The van der Waals surface area contributed by atoms with Crippen LogP contribution in [-0.4, -0.2) is 37.6 Å². The number of likely N-dealkylation sites (tertiary alicyclic amines) is 1. The van der Waals surface area contributed by atoms with Crippen LogP contribution in [0.25, 0.3) is 0 Å². The predicted octanol–water partition coefficient (Wildman–Crippen LogP) is 3.98. The Morgan fingerprint density at radius 2 is 1.57 bits per heavy atom. The first-order chi connectivity index (χ1) is 13.3. The number of sulfone groups is 1. The minimum atomic E-state index is -3.58. The van der Waals surface area contributed by atoms with Crippen LogP contribution in [0.3, 0.4) is 0 Å². The Bertz CT molecular complexity index is 977. The van der Waals surface area contributed by atoms with Crippen molar-refractivity contribution in [3.8, 4) is 0 Å². The molecule has 4 nitrogen and oxygen atoms in total. The summed E-state index contributed by atoms with van der Waals surface area (Å²) >= 11 is 6.00. The van der Waals surface area contributed by atoms with Crippen LogP contribution in [0.4, 0.5) is 4.39 Å². The maximum Gasteiger partial charge on any atom is 0.233 e. The molecule has 0 aromatic heterocycles. The summed E-state index contributed by atoms with van der Waals surface area (Å²) in [7, 11) is -3.58. The van der Waals surface area contributed by atoms with Gasteiger partial charge < -0.3 is 4.90 Å². The number of rotatable bonds is 4. The molecule has 0 atom stereocenters. The van der Waals surface area contributed by atoms with E-state index in [9.17, 15) is 17.6 Å². The van der Waals surface area contributed by atoms with Crippen molar-refractivity contribution in [1.82, 2.24) is 4.90 Å². The van der Waals surface area contributed by atoms with Crippen LogP contribution in [0.2, 0.25) is 5.02 Å². The summed E-state index contributed by atoms with van der Waals surface area (Å²) in [5.41, 5.74) is 0.360. The predicted molar refractivity (Wildman–Crippen MR) is 106 cm³/mol. The lowest BCUT2D eigenvalue weighted by Crippen LogP contribution is -2.61. The Hall–Kier alpha value is -1.92. The highest BCUT2D eigenvalue weighted by Gasteiger charge is 2.50. The SMILES string of the molecule is O=C(N1CC(S(=O)(=O)c2ccc(F)cc2)C1)C1(c2ccc(Cl)cc2)CCCC1. The van der Waals surface area contributed by atoms with Crippen molar-refractivity contribution in [3.63, 3.8) is 0 Å². The number of benzene rings is 2. The second-order valence-corrected chi connectivity index (χ2v) is 10.3. The first-order valence-corrected chi connectivity index (χ1v) is 11.3. The highest BCUT2D eigenvalue weighted by atomic mass is 35.5. The lowest BCUT2D eigenvalue weighted by molar-refractivity contribution is -0.140. The molecule has 0 spiro atoms. The molecule has 1 aliphatic heterocycles. The van der Waals surface area contributed by atoms with Crippen LogP contribution < -0.4 is 0 Å². The zero-order chi connectivity index (χ0) is 19.9. The van der Waals surface area contributed by atoms with Gasteiger partial charge in [-0.15, -0.1) is 0 Å². The molecular weight excluding hydrogens is 401 g/mol. The number of halogens is 2. The van der Waals surface area contributed by atoms with Crippen LogP contribution in [-0.2, 0) is 20.0 Å². The molecule has 2 aromatic rings. The lowest BCUT2D eigenvalue weighted by atomic mass is 9.77. The van der Waals surface area contributed by atoms with Crippen molar-refractivity contribution in [1.29, 1.82) is 0 Å². The van der Waals surface area contributed by atoms with Crippen LogP contribution in [0.5, 0.6) is 0 Å². The molecule has 1 aliphatic carbocycles. The molecule has 4 rings (SSSR count). The lowest BCUT2D eigenvalue weighted by Gasteiger charge is -2.43. The van der Waals surface area contributed by atoms with E-state index in [0.29, 0.717) is 5.02 Å². The summed E-state index contributed by atoms with van der Waals surface area (Å²) in [4.78, 5) is 15.1. The van der Waals surface area contributed by atoms with Crippen LogP contribution in [0.1, 0.15) is 31.2 Å². The molecular formula is C21H21ClFNO3S.